The van der Waals surface area contributed by atoms with Gasteiger partial charge >= 0.3 is 0 Å². The highest BCUT2D eigenvalue weighted by molar-refractivity contribution is 5.94. The highest BCUT2D eigenvalue weighted by Crippen LogP contribution is 2.23. The highest BCUT2D eigenvalue weighted by Gasteiger charge is 2.12. The van der Waals surface area contributed by atoms with E-state index in [1.54, 1.807) is 43.5 Å². The maximum atomic E-state index is 13.2. The normalized spacial score (nSPS) is 10.7. The topological polar surface area (TPSA) is 65.2 Å². The molecule has 0 unspecified atom stereocenters. The maximum Gasteiger partial charge on any atom is 0.248 e. The molecule has 2 aromatic carbocycles. The molecule has 3 aromatic rings. The molecule has 0 aliphatic rings. The Morgan fingerprint density at radius 2 is 1.78 bits per heavy atom. The van der Waals surface area contributed by atoms with Crippen molar-refractivity contribution in [3.05, 3.63) is 82.8 Å². The predicted molar refractivity (Wildman–Crippen MR) is 93.6 cm³/mol. The summed E-state index contributed by atoms with van der Waals surface area (Å²) >= 11 is 0. The lowest BCUT2D eigenvalue weighted by Crippen LogP contribution is -2.12. The number of hydrogen-bond donors (Lipinski definition) is 1. The first kappa shape index (κ1) is 18.4. The summed E-state index contributed by atoms with van der Waals surface area (Å²) in [5.41, 5.74) is 8.56. The Morgan fingerprint density at radius 1 is 1.07 bits per heavy atom. The Hall–Kier alpha value is -3.35. The summed E-state index contributed by atoms with van der Waals surface area (Å²) in [7, 11) is 0. The van der Waals surface area contributed by atoms with Crippen molar-refractivity contribution < 1.29 is 22.7 Å². The van der Waals surface area contributed by atoms with Crippen LogP contribution in [0.15, 0.2) is 48.7 Å². The number of benzene rings is 2. The van der Waals surface area contributed by atoms with Gasteiger partial charge in [-0.15, -0.1) is 0 Å². The minimum atomic E-state index is -1.54. The van der Waals surface area contributed by atoms with Gasteiger partial charge in [-0.3, -0.25) is 9.78 Å². The standard InChI is InChI=1S/C20H15F3N2O2/c1-11-6-13(2-3-15(11)20(24)26)18-7-12(4-5-25-18)10-27-14-8-16(21)19(23)17(22)9-14/h2-9H,10H2,1H3,(H2,24,26). The molecule has 4 nitrogen and oxygen atoms in total. The second kappa shape index (κ2) is 7.49. The number of ether oxygens (including phenoxy) is 1. The fraction of sp³-hybridized carbons (Fsp3) is 0.100. The van der Waals surface area contributed by atoms with Crippen molar-refractivity contribution in [3.8, 4) is 17.0 Å². The lowest BCUT2D eigenvalue weighted by atomic mass is 10.0. The van der Waals surface area contributed by atoms with Gasteiger partial charge in [-0.1, -0.05) is 6.07 Å². The van der Waals surface area contributed by atoms with Crippen molar-refractivity contribution >= 4 is 5.91 Å². The van der Waals surface area contributed by atoms with E-state index in [1.807, 2.05) is 0 Å². The number of hydrogen-bond acceptors (Lipinski definition) is 3. The smallest absolute Gasteiger partial charge is 0.248 e. The summed E-state index contributed by atoms with van der Waals surface area (Å²) in [6, 6.07) is 10.1. The highest BCUT2D eigenvalue weighted by atomic mass is 19.2. The summed E-state index contributed by atoms with van der Waals surface area (Å²) in [6.07, 6.45) is 1.57. The van der Waals surface area contributed by atoms with Crippen LogP contribution in [0.3, 0.4) is 0 Å². The van der Waals surface area contributed by atoms with E-state index in [0.29, 0.717) is 16.8 Å². The quantitative estimate of drug-likeness (QED) is 0.684. The third-order valence-corrected chi connectivity index (χ3v) is 3.97. The monoisotopic (exact) mass is 372 g/mol. The van der Waals surface area contributed by atoms with Crippen molar-refractivity contribution in [1.29, 1.82) is 0 Å². The third-order valence-electron chi connectivity index (χ3n) is 3.97. The first-order valence-electron chi connectivity index (χ1n) is 7.98. The number of primary amides is 1. The number of pyridine rings is 1. The largest absolute Gasteiger partial charge is 0.489 e. The van der Waals surface area contributed by atoms with E-state index in [2.05, 4.69) is 4.98 Å². The molecule has 0 atom stereocenters. The molecule has 2 N–H and O–H groups in total. The van der Waals surface area contributed by atoms with Gasteiger partial charge in [0.2, 0.25) is 5.91 Å². The van der Waals surface area contributed by atoms with E-state index in [9.17, 15) is 18.0 Å². The fourth-order valence-electron chi connectivity index (χ4n) is 2.60. The minimum Gasteiger partial charge on any atom is -0.489 e. The molecular formula is C20H15F3N2O2. The molecule has 7 heteroatoms. The Kier molecular flexibility index (Phi) is 5.12. The molecule has 0 fully saturated rings. The molecule has 0 saturated heterocycles. The van der Waals surface area contributed by atoms with E-state index < -0.39 is 23.4 Å². The Morgan fingerprint density at radius 3 is 2.41 bits per heavy atom. The Bertz CT molecular complexity index is 999. The number of halogens is 3. The number of carbonyl (C=O) groups excluding carboxylic acids is 1. The lowest BCUT2D eigenvalue weighted by Gasteiger charge is -2.09. The molecule has 0 aliphatic carbocycles. The number of amides is 1. The molecule has 0 radical (unpaired) electrons. The summed E-state index contributed by atoms with van der Waals surface area (Å²) in [5, 5.41) is 0. The van der Waals surface area contributed by atoms with Crippen LogP contribution < -0.4 is 10.5 Å². The van der Waals surface area contributed by atoms with Gasteiger partial charge in [0.25, 0.3) is 0 Å². The molecule has 0 bridgehead atoms. The van der Waals surface area contributed by atoms with E-state index in [1.165, 1.54) is 0 Å². The second-order valence-corrected chi connectivity index (χ2v) is 5.93. The number of aromatic nitrogens is 1. The van der Waals surface area contributed by atoms with Gasteiger partial charge in [0, 0.05) is 29.5 Å². The summed E-state index contributed by atoms with van der Waals surface area (Å²) < 4.78 is 44.8. The minimum absolute atomic E-state index is 0.0123. The Labute approximate surface area is 153 Å². The van der Waals surface area contributed by atoms with Crippen molar-refractivity contribution in [2.24, 2.45) is 5.73 Å². The summed E-state index contributed by atoms with van der Waals surface area (Å²) in [4.78, 5) is 15.6. The first-order valence-corrected chi connectivity index (χ1v) is 7.98. The molecule has 0 saturated carbocycles. The Balaban J connectivity index is 1.80. The van der Waals surface area contributed by atoms with Crippen LogP contribution in [0, 0.1) is 24.4 Å². The average molecular weight is 372 g/mol. The van der Waals surface area contributed by atoms with Crippen molar-refractivity contribution in [1.82, 2.24) is 4.98 Å². The van der Waals surface area contributed by atoms with Crippen molar-refractivity contribution in [3.63, 3.8) is 0 Å². The summed E-state index contributed by atoms with van der Waals surface area (Å²) in [5.74, 6) is -4.79. The first-order chi connectivity index (χ1) is 12.8. The van der Waals surface area contributed by atoms with Gasteiger partial charge in [0.05, 0.1) is 5.69 Å². The number of carbonyl (C=O) groups is 1. The molecule has 27 heavy (non-hydrogen) atoms. The molecule has 1 heterocycles. The van der Waals surface area contributed by atoms with Gasteiger partial charge in [-0.2, -0.15) is 0 Å². The van der Waals surface area contributed by atoms with Crippen molar-refractivity contribution in [2.45, 2.75) is 13.5 Å². The number of aryl methyl sites for hydroxylation is 1. The average Bonchev–Trinajstić information content (AvgIpc) is 2.64. The summed E-state index contributed by atoms with van der Waals surface area (Å²) in [6.45, 7) is 1.78. The molecule has 1 aromatic heterocycles. The molecule has 3 rings (SSSR count). The molecule has 0 spiro atoms. The van der Waals surface area contributed by atoms with Crippen LogP contribution in [-0.4, -0.2) is 10.9 Å². The van der Waals surface area contributed by atoms with Gasteiger partial charge in [-0.05, 0) is 42.3 Å². The van der Waals surface area contributed by atoms with Crippen LogP contribution in [0.2, 0.25) is 0 Å². The lowest BCUT2D eigenvalue weighted by molar-refractivity contribution is 0.0999. The molecular weight excluding hydrogens is 357 g/mol. The number of nitrogens with two attached hydrogens (primary N) is 1. The maximum absolute atomic E-state index is 13.2. The van der Waals surface area contributed by atoms with Crippen LogP contribution in [0.1, 0.15) is 21.5 Å². The molecule has 138 valence electrons. The number of nitrogens with zero attached hydrogens (tertiary/aromatic N) is 1. The van der Waals surface area contributed by atoms with Gasteiger partial charge in [0.1, 0.15) is 12.4 Å². The van der Waals surface area contributed by atoms with Crippen molar-refractivity contribution in [2.75, 3.05) is 0 Å². The van der Waals surface area contributed by atoms with E-state index in [0.717, 1.165) is 23.3 Å². The molecule has 0 aliphatic heterocycles. The van der Waals surface area contributed by atoms with E-state index in [4.69, 9.17) is 10.5 Å². The molecule has 1 amide bonds. The van der Waals surface area contributed by atoms with E-state index >= 15 is 0 Å². The van der Waals surface area contributed by atoms with Crippen LogP contribution in [-0.2, 0) is 6.61 Å². The third kappa shape index (κ3) is 4.08. The van der Waals surface area contributed by atoms with Crippen LogP contribution in [0.4, 0.5) is 13.2 Å². The van der Waals surface area contributed by atoms with Crippen LogP contribution in [0.25, 0.3) is 11.3 Å². The van der Waals surface area contributed by atoms with E-state index in [-0.39, 0.29) is 12.4 Å². The zero-order chi connectivity index (χ0) is 19.6. The van der Waals surface area contributed by atoms with Crippen LogP contribution in [0.5, 0.6) is 5.75 Å². The fourth-order valence-corrected chi connectivity index (χ4v) is 2.60. The second-order valence-electron chi connectivity index (χ2n) is 5.93. The zero-order valence-corrected chi connectivity index (χ0v) is 14.3. The van der Waals surface area contributed by atoms with Gasteiger partial charge < -0.3 is 10.5 Å². The SMILES string of the molecule is Cc1cc(-c2cc(COc3cc(F)c(F)c(F)c3)ccn2)ccc1C(N)=O. The van der Waals surface area contributed by atoms with Crippen LogP contribution >= 0.6 is 0 Å². The zero-order valence-electron chi connectivity index (χ0n) is 14.3. The van der Waals surface area contributed by atoms with Gasteiger partial charge in [0.15, 0.2) is 17.5 Å². The predicted octanol–water partition coefficient (Wildman–Crippen LogP) is 4.15. The van der Waals surface area contributed by atoms with Gasteiger partial charge in [-0.25, -0.2) is 13.2 Å². The number of rotatable bonds is 5.